The molecule has 1 N–H and O–H groups in total. The Hall–Kier alpha value is -1.56. The fraction of sp³-hybridized carbons (Fsp3) is 0.364. The second kappa shape index (κ2) is 5.18. The molecule has 1 rings (SSSR count). The van der Waals surface area contributed by atoms with Crippen LogP contribution in [-0.4, -0.2) is 5.91 Å². The largest absolute Gasteiger partial charge is 0.416 e. The van der Waals surface area contributed by atoms with Crippen LogP contribution in [-0.2, 0) is 15.8 Å². The molecule has 3 nitrogen and oxygen atoms in total. The first-order chi connectivity index (χ1) is 7.80. The topological polar surface area (TPSA) is 38.3 Å². The van der Waals surface area contributed by atoms with E-state index in [0.717, 1.165) is 12.1 Å². The van der Waals surface area contributed by atoms with Crippen LogP contribution in [0.2, 0.25) is 0 Å². The summed E-state index contributed by atoms with van der Waals surface area (Å²) in [5.41, 5.74) is 1.96. The fourth-order valence-corrected chi connectivity index (χ4v) is 1.18. The lowest BCUT2D eigenvalue weighted by Crippen LogP contribution is -2.22. The minimum atomic E-state index is -4.35. The summed E-state index contributed by atoms with van der Waals surface area (Å²) in [6.45, 7) is 2.90. The lowest BCUT2D eigenvalue weighted by molar-refractivity contribution is -0.137. The summed E-state index contributed by atoms with van der Waals surface area (Å²) < 4.78 is 36.9. The highest BCUT2D eigenvalue weighted by Gasteiger charge is 2.30. The van der Waals surface area contributed by atoms with Gasteiger partial charge in [0.25, 0.3) is 0 Å². The Labute approximate surface area is 96.5 Å². The van der Waals surface area contributed by atoms with E-state index in [0.29, 0.717) is 5.56 Å². The predicted octanol–water partition coefficient (Wildman–Crippen LogP) is 2.83. The fourth-order valence-electron chi connectivity index (χ4n) is 1.18. The van der Waals surface area contributed by atoms with Crippen LogP contribution in [0, 0.1) is 0 Å². The summed E-state index contributed by atoms with van der Waals surface area (Å²) in [5.74, 6) is -0.372. The standard InChI is InChI=1S/C11H12F3NO2/c1-7(17-15-8(2)16)9-3-5-10(6-4-9)11(12,13)14/h3-7H,1-2H3,(H,15,16). The van der Waals surface area contributed by atoms with E-state index in [1.165, 1.54) is 19.1 Å². The third-order valence-corrected chi connectivity index (χ3v) is 2.09. The van der Waals surface area contributed by atoms with Gasteiger partial charge < -0.3 is 0 Å². The molecular weight excluding hydrogens is 235 g/mol. The van der Waals surface area contributed by atoms with Gasteiger partial charge in [-0.2, -0.15) is 13.2 Å². The smallest absolute Gasteiger partial charge is 0.273 e. The van der Waals surface area contributed by atoms with Gasteiger partial charge in [-0.05, 0) is 24.6 Å². The molecule has 0 aromatic heterocycles. The first kappa shape index (κ1) is 13.5. The van der Waals surface area contributed by atoms with E-state index in [1.54, 1.807) is 6.92 Å². The van der Waals surface area contributed by atoms with E-state index < -0.39 is 17.8 Å². The minimum Gasteiger partial charge on any atom is -0.273 e. The van der Waals surface area contributed by atoms with E-state index in [4.69, 9.17) is 4.84 Å². The van der Waals surface area contributed by atoms with E-state index >= 15 is 0 Å². The summed E-state index contributed by atoms with van der Waals surface area (Å²) in [6.07, 6.45) is -4.86. The Morgan fingerprint density at radius 3 is 2.24 bits per heavy atom. The molecule has 0 bridgehead atoms. The molecule has 0 spiro atoms. The van der Waals surface area contributed by atoms with Crippen molar-refractivity contribution in [2.75, 3.05) is 0 Å². The summed E-state index contributed by atoms with van der Waals surface area (Å²) in [5, 5.41) is 0. The van der Waals surface area contributed by atoms with E-state index in [9.17, 15) is 18.0 Å². The van der Waals surface area contributed by atoms with Gasteiger partial charge in [0, 0.05) is 6.92 Å². The maximum atomic E-state index is 12.3. The molecule has 0 aliphatic heterocycles. The molecule has 0 fully saturated rings. The van der Waals surface area contributed by atoms with Crippen LogP contribution in [0.4, 0.5) is 13.2 Å². The molecule has 0 radical (unpaired) electrons. The Morgan fingerprint density at radius 1 is 1.29 bits per heavy atom. The molecule has 0 aliphatic carbocycles. The first-order valence-corrected chi connectivity index (χ1v) is 4.90. The maximum absolute atomic E-state index is 12.3. The molecule has 0 saturated carbocycles. The van der Waals surface area contributed by atoms with Crippen LogP contribution in [0.15, 0.2) is 24.3 Å². The summed E-state index contributed by atoms with van der Waals surface area (Å²) in [4.78, 5) is 15.5. The summed E-state index contributed by atoms with van der Waals surface area (Å²) >= 11 is 0. The third-order valence-electron chi connectivity index (χ3n) is 2.09. The monoisotopic (exact) mass is 247 g/mol. The van der Waals surface area contributed by atoms with Crippen molar-refractivity contribution < 1.29 is 22.8 Å². The second-order valence-corrected chi connectivity index (χ2v) is 3.54. The van der Waals surface area contributed by atoms with Gasteiger partial charge in [-0.3, -0.25) is 9.63 Å². The van der Waals surface area contributed by atoms with Crippen molar-refractivity contribution in [3.63, 3.8) is 0 Å². The third kappa shape index (κ3) is 4.07. The van der Waals surface area contributed by atoms with Crippen molar-refractivity contribution in [3.05, 3.63) is 35.4 Å². The molecule has 0 heterocycles. The number of rotatable bonds is 3. The number of hydroxylamine groups is 1. The van der Waals surface area contributed by atoms with Crippen molar-refractivity contribution >= 4 is 5.91 Å². The average Bonchev–Trinajstić information content (AvgIpc) is 2.25. The number of alkyl halides is 3. The maximum Gasteiger partial charge on any atom is 0.416 e. The van der Waals surface area contributed by atoms with Gasteiger partial charge in [0.15, 0.2) is 0 Å². The van der Waals surface area contributed by atoms with Gasteiger partial charge in [-0.15, -0.1) is 0 Å². The van der Waals surface area contributed by atoms with E-state index in [1.807, 2.05) is 0 Å². The minimum absolute atomic E-state index is 0.372. The molecule has 94 valence electrons. The van der Waals surface area contributed by atoms with Crippen molar-refractivity contribution in [1.29, 1.82) is 0 Å². The number of amides is 1. The lowest BCUT2D eigenvalue weighted by Gasteiger charge is -2.13. The molecule has 1 atom stereocenters. The van der Waals surface area contributed by atoms with Gasteiger partial charge in [-0.1, -0.05) is 12.1 Å². The molecule has 1 unspecified atom stereocenters. The quantitative estimate of drug-likeness (QED) is 0.834. The number of carbonyl (C=O) groups excluding carboxylic acids is 1. The molecule has 1 aromatic rings. The molecule has 6 heteroatoms. The van der Waals surface area contributed by atoms with Gasteiger partial charge in [0.2, 0.25) is 5.91 Å². The molecule has 0 saturated heterocycles. The van der Waals surface area contributed by atoms with E-state index in [-0.39, 0.29) is 5.91 Å². The zero-order valence-corrected chi connectivity index (χ0v) is 9.34. The zero-order valence-electron chi connectivity index (χ0n) is 9.34. The van der Waals surface area contributed by atoms with E-state index in [2.05, 4.69) is 5.48 Å². The van der Waals surface area contributed by atoms with Crippen LogP contribution in [0.5, 0.6) is 0 Å². The van der Waals surface area contributed by atoms with Crippen LogP contribution in [0.1, 0.15) is 31.1 Å². The van der Waals surface area contributed by atoms with Crippen molar-refractivity contribution in [2.24, 2.45) is 0 Å². The zero-order chi connectivity index (χ0) is 13.1. The predicted molar refractivity (Wildman–Crippen MR) is 54.8 cm³/mol. The van der Waals surface area contributed by atoms with Crippen LogP contribution >= 0.6 is 0 Å². The Bertz CT molecular complexity index is 387. The highest BCUT2D eigenvalue weighted by Crippen LogP contribution is 2.30. The van der Waals surface area contributed by atoms with Crippen molar-refractivity contribution in [2.45, 2.75) is 26.1 Å². The van der Waals surface area contributed by atoms with Crippen molar-refractivity contribution in [3.8, 4) is 0 Å². The number of halogens is 3. The molecule has 1 aromatic carbocycles. The first-order valence-electron chi connectivity index (χ1n) is 4.90. The number of carbonyl (C=O) groups is 1. The van der Waals surface area contributed by atoms with Gasteiger partial charge in [0.05, 0.1) is 5.56 Å². The molecular formula is C11H12F3NO2. The Kier molecular flexibility index (Phi) is 4.11. The van der Waals surface area contributed by atoms with Crippen LogP contribution < -0.4 is 5.48 Å². The highest BCUT2D eigenvalue weighted by molar-refractivity contribution is 5.71. The van der Waals surface area contributed by atoms with Gasteiger partial charge in [0.1, 0.15) is 6.10 Å². The van der Waals surface area contributed by atoms with Gasteiger partial charge in [-0.25, -0.2) is 5.48 Å². The van der Waals surface area contributed by atoms with Crippen LogP contribution in [0.3, 0.4) is 0 Å². The number of benzene rings is 1. The highest BCUT2D eigenvalue weighted by atomic mass is 19.4. The normalized spacial score (nSPS) is 13.2. The Morgan fingerprint density at radius 2 is 1.82 bits per heavy atom. The average molecular weight is 247 g/mol. The Balaban J connectivity index is 2.70. The number of nitrogens with one attached hydrogen (secondary N) is 1. The number of hydrogen-bond donors (Lipinski definition) is 1. The van der Waals surface area contributed by atoms with Crippen molar-refractivity contribution in [1.82, 2.24) is 5.48 Å². The molecule has 0 aliphatic rings. The second-order valence-electron chi connectivity index (χ2n) is 3.54. The lowest BCUT2D eigenvalue weighted by atomic mass is 10.1. The van der Waals surface area contributed by atoms with Gasteiger partial charge >= 0.3 is 6.18 Å². The number of hydrogen-bond acceptors (Lipinski definition) is 2. The molecule has 1 amide bonds. The SMILES string of the molecule is CC(=O)NOC(C)c1ccc(C(F)(F)F)cc1. The summed E-state index contributed by atoms with van der Waals surface area (Å²) in [6, 6.07) is 4.58. The molecule has 17 heavy (non-hydrogen) atoms. The summed E-state index contributed by atoms with van der Waals surface area (Å²) in [7, 11) is 0. The van der Waals surface area contributed by atoms with Crippen LogP contribution in [0.25, 0.3) is 0 Å².